The van der Waals surface area contributed by atoms with Crippen LogP contribution in [0.2, 0.25) is 0 Å². The van der Waals surface area contributed by atoms with Crippen molar-refractivity contribution in [3.63, 3.8) is 0 Å². The summed E-state index contributed by atoms with van der Waals surface area (Å²) in [6, 6.07) is 4.11. The molecule has 1 aliphatic heterocycles. The number of amides is 3. The lowest BCUT2D eigenvalue weighted by atomic mass is 10.0. The second-order valence-corrected chi connectivity index (χ2v) is 5.23. The Labute approximate surface area is 116 Å². The van der Waals surface area contributed by atoms with Gasteiger partial charge in [-0.15, -0.1) is 0 Å². The summed E-state index contributed by atoms with van der Waals surface area (Å²) in [5.41, 5.74) is 1.52. The maximum absolute atomic E-state index is 13.5. The predicted octanol–water partition coefficient (Wildman–Crippen LogP) is 2.01. The first-order chi connectivity index (χ1) is 9.44. The van der Waals surface area contributed by atoms with Crippen LogP contribution < -0.4 is 5.32 Å². The zero-order valence-corrected chi connectivity index (χ0v) is 11.5. The Kier molecular flexibility index (Phi) is 4.34. The molecular weight excluding hydrogens is 263 g/mol. The standard InChI is InChI=1S/C14H17FN2O3/c1-9(2)3-10-4-11(6-12(15)5-10)8-20-17-7-13(18)16-14(17)19/h4-6,9H,3,7-8H2,1-2H3,(H,16,18,19). The maximum Gasteiger partial charge on any atom is 0.348 e. The minimum Gasteiger partial charge on any atom is -0.274 e. The third-order valence-electron chi connectivity index (χ3n) is 2.81. The van der Waals surface area contributed by atoms with E-state index in [-0.39, 0.29) is 19.0 Å². The van der Waals surface area contributed by atoms with Crippen LogP contribution in [0, 0.1) is 11.7 Å². The molecule has 0 bridgehead atoms. The number of halogens is 1. The van der Waals surface area contributed by atoms with Crippen LogP contribution >= 0.6 is 0 Å². The average molecular weight is 280 g/mol. The third-order valence-corrected chi connectivity index (χ3v) is 2.81. The van der Waals surface area contributed by atoms with E-state index >= 15 is 0 Å². The number of rotatable bonds is 5. The first-order valence-corrected chi connectivity index (χ1v) is 6.46. The van der Waals surface area contributed by atoms with E-state index in [2.05, 4.69) is 19.2 Å². The number of imide groups is 1. The smallest absolute Gasteiger partial charge is 0.274 e. The van der Waals surface area contributed by atoms with Crippen molar-refractivity contribution in [3.8, 4) is 0 Å². The average Bonchev–Trinajstić information content (AvgIpc) is 2.63. The lowest BCUT2D eigenvalue weighted by Gasteiger charge is -2.14. The van der Waals surface area contributed by atoms with Crippen molar-refractivity contribution in [1.29, 1.82) is 0 Å². The Morgan fingerprint density at radius 3 is 2.60 bits per heavy atom. The van der Waals surface area contributed by atoms with Crippen molar-refractivity contribution >= 4 is 11.9 Å². The summed E-state index contributed by atoms with van der Waals surface area (Å²) in [6.45, 7) is 4.03. The topological polar surface area (TPSA) is 58.6 Å². The molecular formula is C14H17FN2O3. The number of hydrogen-bond donors (Lipinski definition) is 1. The van der Waals surface area contributed by atoms with Gasteiger partial charge in [-0.1, -0.05) is 19.9 Å². The zero-order chi connectivity index (χ0) is 14.7. The Bertz CT molecular complexity index is 531. The zero-order valence-electron chi connectivity index (χ0n) is 11.5. The van der Waals surface area contributed by atoms with Crippen LogP contribution in [0.5, 0.6) is 0 Å². The number of urea groups is 1. The highest BCUT2D eigenvalue weighted by molar-refractivity contribution is 6.01. The lowest BCUT2D eigenvalue weighted by molar-refractivity contribution is -0.134. The molecule has 1 aromatic carbocycles. The first-order valence-electron chi connectivity index (χ1n) is 6.46. The highest BCUT2D eigenvalue weighted by atomic mass is 19.1. The fourth-order valence-corrected chi connectivity index (χ4v) is 2.07. The van der Waals surface area contributed by atoms with E-state index in [1.807, 2.05) is 6.07 Å². The fraction of sp³-hybridized carbons (Fsp3) is 0.429. The summed E-state index contributed by atoms with van der Waals surface area (Å²) in [6.07, 6.45) is 0.771. The van der Waals surface area contributed by atoms with Gasteiger partial charge in [0.1, 0.15) is 19.0 Å². The summed E-state index contributed by atoms with van der Waals surface area (Å²) in [7, 11) is 0. The number of carbonyl (C=O) groups excluding carboxylic acids is 2. The largest absolute Gasteiger partial charge is 0.348 e. The van der Waals surface area contributed by atoms with Gasteiger partial charge in [-0.2, -0.15) is 5.06 Å². The summed E-state index contributed by atoms with van der Waals surface area (Å²) in [5, 5.41) is 3.04. The number of carbonyl (C=O) groups is 2. The number of hydrogen-bond acceptors (Lipinski definition) is 3. The molecule has 0 spiro atoms. The molecule has 1 fully saturated rings. The quantitative estimate of drug-likeness (QED) is 0.839. The molecule has 3 amide bonds. The highest BCUT2D eigenvalue weighted by Gasteiger charge is 2.27. The monoisotopic (exact) mass is 280 g/mol. The molecule has 0 aliphatic carbocycles. The highest BCUT2D eigenvalue weighted by Crippen LogP contribution is 2.15. The van der Waals surface area contributed by atoms with Crippen molar-refractivity contribution in [2.24, 2.45) is 5.92 Å². The van der Waals surface area contributed by atoms with Crippen LogP contribution in [0.3, 0.4) is 0 Å². The second kappa shape index (κ2) is 6.00. The molecule has 1 aliphatic rings. The van der Waals surface area contributed by atoms with Crippen LogP contribution in [0.4, 0.5) is 9.18 Å². The Morgan fingerprint density at radius 1 is 1.30 bits per heavy atom. The molecule has 1 saturated heterocycles. The molecule has 0 radical (unpaired) electrons. The number of nitrogens with zero attached hydrogens (tertiary/aromatic N) is 1. The Morgan fingerprint density at radius 2 is 2.00 bits per heavy atom. The second-order valence-electron chi connectivity index (χ2n) is 5.23. The van der Waals surface area contributed by atoms with Crippen LogP contribution in [-0.4, -0.2) is 23.5 Å². The molecule has 1 aromatic rings. The lowest BCUT2D eigenvalue weighted by Crippen LogP contribution is -2.28. The minimum atomic E-state index is -0.589. The van der Waals surface area contributed by atoms with Crippen LogP contribution in [-0.2, 0) is 22.7 Å². The SMILES string of the molecule is CC(C)Cc1cc(F)cc(CON2CC(=O)NC2=O)c1. The van der Waals surface area contributed by atoms with Crippen molar-refractivity contribution in [2.75, 3.05) is 6.54 Å². The summed E-state index contributed by atoms with van der Waals surface area (Å²) < 4.78 is 13.5. The van der Waals surface area contributed by atoms with Crippen molar-refractivity contribution in [2.45, 2.75) is 26.9 Å². The van der Waals surface area contributed by atoms with E-state index < -0.39 is 11.9 Å². The van der Waals surface area contributed by atoms with Crippen LogP contribution in [0.25, 0.3) is 0 Å². The van der Waals surface area contributed by atoms with E-state index in [0.29, 0.717) is 11.5 Å². The van der Waals surface area contributed by atoms with Crippen LogP contribution in [0.1, 0.15) is 25.0 Å². The Balaban J connectivity index is 2.00. The maximum atomic E-state index is 13.5. The van der Waals surface area contributed by atoms with Gasteiger partial charge in [0.25, 0.3) is 0 Å². The van der Waals surface area contributed by atoms with Gasteiger partial charge in [-0.05, 0) is 35.6 Å². The molecule has 0 atom stereocenters. The van der Waals surface area contributed by atoms with Crippen molar-refractivity contribution in [1.82, 2.24) is 10.4 Å². The molecule has 1 N–H and O–H groups in total. The van der Waals surface area contributed by atoms with E-state index in [1.54, 1.807) is 0 Å². The minimum absolute atomic E-state index is 0.0452. The van der Waals surface area contributed by atoms with Gasteiger partial charge in [0.2, 0.25) is 5.91 Å². The molecule has 6 heteroatoms. The third kappa shape index (κ3) is 3.77. The number of nitrogens with one attached hydrogen (secondary N) is 1. The van der Waals surface area contributed by atoms with Gasteiger partial charge < -0.3 is 0 Å². The Hall–Kier alpha value is -1.95. The fourth-order valence-electron chi connectivity index (χ4n) is 2.07. The molecule has 108 valence electrons. The molecule has 0 unspecified atom stereocenters. The number of hydroxylamine groups is 2. The summed E-state index contributed by atoms with van der Waals surface area (Å²) in [5.74, 6) is -0.314. The van der Waals surface area contributed by atoms with Gasteiger partial charge >= 0.3 is 6.03 Å². The van der Waals surface area contributed by atoms with Crippen LogP contribution in [0.15, 0.2) is 18.2 Å². The van der Waals surface area contributed by atoms with Gasteiger partial charge in [0.15, 0.2) is 0 Å². The molecule has 0 saturated carbocycles. The normalized spacial score (nSPS) is 15.1. The van der Waals surface area contributed by atoms with E-state index in [9.17, 15) is 14.0 Å². The number of benzene rings is 1. The summed E-state index contributed by atoms with van der Waals surface area (Å²) in [4.78, 5) is 27.5. The first kappa shape index (κ1) is 14.5. The van der Waals surface area contributed by atoms with Crippen molar-refractivity contribution in [3.05, 3.63) is 35.1 Å². The molecule has 0 aromatic heterocycles. The molecule has 20 heavy (non-hydrogen) atoms. The van der Waals surface area contributed by atoms with E-state index in [1.165, 1.54) is 12.1 Å². The molecule has 1 heterocycles. The summed E-state index contributed by atoms with van der Waals surface area (Å²) >= 11 is 0. The van der Waals surface area contributed by atoms with E-state index in [0.717, 1.165) is 17.0 Å². The predicted molar refractivity (Wildman–Crippen MR) is 70.0 cm³/mol. The van der Waals surface area contributed by atoms with Gasteiger partial charge in [0.05, 0.1) is 0 Å². The molecule has 5 nitrogen and oxygen atoms in total. The van der Waals surface area contributed by atoms with Gasteiger partial charge in [-0.3, -0.25) is 14.9 Å². The van der Waals surface area contributed by atoms with Crippen molar-refractivity contribution < 1.29 is 18.8 Å². The van der Waals surface area contributed by atoms with E-state index in [4.69, 9.17) is 4.84 Å². The molecule has 2 rings (SSSR count). The van der Waals surface area contributed by atoms with Gasteiger partial charge in [0, 0.05) is 0 Å². The van der Waals surface area contributed by atoms with Gasteiger partial charge in [-0.25, -0.2) is 9.18 Å².